The van der Waals surface area contributed by atoms with Gasteiger partial charge in [0.05, 0.1) is 11.6 Å². The largest absolute Gasteiger partial charge is 0.368 e. The summed E-state index contributed by atoms with van der Waals surface area (Å²) < 4.78 is 14.1. The van der Waals surface area contributed by atoms with Gasteiger partial charge in [-0.05, 0) is 37.1 Å². The lowest BCUT2D eigenvalue weighted by Crippen LogP contribution is -2.40. The Morgan fingerprint density at radius 1 is 1.17 bits per heavy atom. The third kappa shape index (κ3) is 3.94. The van der Waals surface area contributed by atoms with Gasteiger partial charge < -0.3 is 10.6 Å². The molecule has 0 fully saturated rings. The van der Waals surface area contributed by atoms with Gasteiger partial charge in [0.2, 0.25) is 5.91 Å². The lowest BCUT2D eigenvalue weighted by Gasteiger charge is -2.28. The molecule has 5 heteroatoms. The second kappa shape index (κ2) is 7.05. The van der Waals surface area contributed by atoms with Gasteiger partial charge in [0.15, 0.2) is 0 Å². The van der Waals surface area contributed by atoms with E-state index >= 15 is 0 Å². The molecule has 0 aliphatic heterocycles. The zero-order valence-electron chi connectivity index (χ0n) is 13.1. The molecule has 2 N–H and O–H groups in total. The summed E-state index contributed by atoms with van der Waals surface area (Å²) in [7, 11) is 0. The van der Waals surface area contributed by atoms with E-state index in [0.29, 0.717) is 0 Å². The number of rotatable bonds is 5. The molecule has 2 aromatic carbocycles. The number of hydrogen-bond acceptors (Lipinski definition) is 2. The summed E-state index contributed by atoms with van der Waals surface area (Å²) in [5, 5.41) is 0. The van der Waals surface area contributed by atoms with Crippen molar-refractivity contribution in [2.24, 2.45) is 5.73 Å². The minimum Gasteiger partial charge on any atom is -0.368 e. The van der Waals surface area contributed by atoms with Crippen LogP contribution in [0.5, 0.6) is 0 Å². The lowest BCUT2D eigenvalue weighted by molar-refractivity contribution is -0.119. The Labute approximate surface area is 134 Å². The third-order valence-electron chi connectivity index (χ3n) is 3.69. The van der Waals surface area contributed by atoms with Crippen molar-refractivity contribution in [2.75, 3.05) is 6.54 Å². The van der Waals surface area contributed by atoms with E-state index in [1.807, 2.05) is 30.3 Å². The standard InChI is InChI=1S/C18H19FN2O2/c1-12-8-9-15(16(19)10-12)18(23)21(11-17(20)22)13(2)14-6-4-3-5-7-14/h3-10,13H,11H2,1-2H3,(H2,20,22)/t13-/m1/s1. The van der Waals surface area contributed by atoms with E-state index in [0.717, 1.165) is 11.1 Å². The lowest BCUT2D eigenvalue weighted by atomic mass is 10.0. The number of halogens is 1. The van der Waals surface area contributed by atoms with Crippen molar-refractivity contribution in [2.45, 2.75) is 19.9 Å². The number of hydrogen-bond donors (Lipinski definition) is 1. The quantitative estimate of drug-likeness (QED) is 0.922. The number of carbonyl (C=O) groups excluding carboxylic acids is 2. The number of nitrogens with two attached hydrogens (primary N) is 1. The molecule has 2 amide bonds. The summed E-state index contributed by atoms with van der Waals surface area (Å²) in [4.78, 5) is 25.3. The SMILES string of the molecule is Cc1ccc(C(=O)N(CC(N)=O)[C@H](C)c2ccccc2)c(F)c1. The molecule has 0 aliphatic rings. The molecule has 0 spiro atoms. The molecule has 23 heavy (non-hydrogen) atoms. The molecule has 0 heterocycles. The molecule has 1 atom stereocenters. The number of nitrogens with zero attached hydrogens (tertiary/aromatic N) is 1. The number of primary amides is 1. The summed E-state index contributed by atoms with van der Waals surface area (Å²) >= 11 is 0. The minimum atomic E-state index is -0.645. The van der Waals surface area contributed by atoms with Gasteiger partial charge in [0, 0.05) is 0 Å². The Balaban J connectivity index is 2.38. The normalized spacial score (nSPS) is 11.8. The van der Waals surface area contributed by atoms with Crippen molar-refractivity contribution < 1.29 is 14.0 Å². The smallest absolute Gasteiger partial charge is 0.257 e. The Bertz CT molecular complexity index is 716. The van der Waals surface area contributed by atoms with E-state index in [1.165, 1.54) is 17.0 Å². The van der Waals surface area contributed by atoms with Crippen molar-refractivity contribution >= 4 is 11.8 Å². The van der Waals surface area contributed by atoms with Crippen LogP contribution in [0.1, 0.15) is 34.5 Å². The maximum Gasteiger partial charge on any atom is 0.257 e. The molecule has 2 rings (SSSR count). The molecule has 2 aromatic rings. The van der Waals surface area contributed by atoms with Crippen LogP contribution >= 0.6 is 0 Å². The summed E-state index contributed by atoms with van der Waals surface area (Å²) in [5.74, 6) is -1.81. The van der Waals surface area contributed by atoms with Gasteiger partial charge in [-0.3, -0.25) is 9.59 Å². The molecule has 0 aliphatic carbocycles. The molecule has 0 saturated carbocycles. The predicted octanol–water partition coefficient (Wildman–Crippen LogP) is 2.82. The number of amides is 2. The van der Waals surface area contributed by atoms with Crippen molar-refractivity contribution in [3.63, 3.8) is 0 Å². The van der Waals surface area contributed by atoms with Crippen LogP contribution < -0.4 is 5.73 Å². The molecular weight excluding hydrogens is 295 g/mol. The Kier molecular flexibility index (Phi) is 5.11. The van der Waals surface area contributed by atoms with Crippen LogP contribution in [0, 0.1) is 12.7 Å². The van der Waals surface area contributed by atoms with E-state index in [9.17, 15) is 14.0 Å². The Hall–Kier alpha value is -2.69. The second-order valence-electron chi connectivity index (χ2n) is 5.47. The fraction of sp³-hybridized carbons (Fsp3) is 0.222. The predicted molar refractivity (Wildman–Crippen MR) is 86.2 cm³/mol. The number of aryl methyl sites for hydroxylation is 1. The van der Waals surface area contributed by atoms with Crippen LogP contribution in [0.15, 0.2) is 48.5 Å². The molecule has 0 aromatic heterocycles. The fourth-order valence-electron chi connectivity index (χ4n) is 2.41. The molecule has 0 radical (unpaired) electrons. The van der Waals surface area contributed by atoms with E-state index in [4.69, 9.17) is 5.73 Å². The first-order chi connectivity index (χ1) is 10.9. The highest BCUT2D eigenvalue weighted by Crippen LogP contribution is 2.23. The monoisotopic (exact) mass is 314 g/mol. The van der Waals surface area contributed by atoms with Crippen LogP contribution in [0.3, 0.4) is 0 Å². The highest BCUT2D eigenvalue weighted by Gasteiger charge is 2.26. The molecule has 4 nitrogen and oxygen atoms in total. The molecule has 0 unspecified atom stereocenters. The molecule has 0 bridgehead atoms. The van der Waals surface area contributed by atoms with E-state index < -0.39 is 23.7 Å². The fourth-order valence-corrected chi connectivity index (χ4v) is 2.41. The van der Waals surface area contributed by atoms with Crippen LogP contribution in [0.4, 0.5) is 4.39 Å². The van der Waals surface area contributed by atoms with Gasteiger partial charge in [0.25, 0.3) is 5.91 Å². The van der Waals surface area contributed by atoms with Gasteiger partial charge in [0.1, 0.15) is 12.4 Å². The first-order valence-corrected chi connectivity index (χ1v) is 7.30. The van der Waals surface area contributed by atoms with Crippen LogP contribution in [-0.2, 0) is 4.79 Å². The first-order valence-electron chi connectivity index (χ1n) is 7.30. The van der Waals surface area contributed by atoms with Gasteiger partial charge in [-0.25, -0.2) is 4.39 Å². The van der Waals surface area contributed by atoms with Crippen LogP contribution in [0.2, 0.25) is 0 Å². The summed E-state index contributed by atoms with van der Waals surface area (Å²) in [6.45, 7) is 3.25. The third-order valence-corrected chi connectivity index (χ3v) is 3.69. The highest BCUT2D eigenvalue weighted by molar-refractivity contribution is 5.96. The van der Waals surface area contributed by atoms with E-state index in [1.54, 1.807) is 19.9 Å². The van der Waals surface area contributed by atoms with Crippen molar-refractivity contribution in [1.29, 1.82) is 0 Å². The summed E-state index contributed by atoms with van der Waals surface area (Å²) in [6, 6.07) is 13.2. The van der Waals surface area contributed by atoms with Gasteiger partial charge in [-0.15, -0.1) is 0 Å². The average molecular weight is 314 g/mol. The van der Waals surface area contributed by atoms with E-state index in [-0.39, 0.29) is 12.1 Å². The molecule has 0 saturated heterocycles. The molecule has 120 valence electrons. The topological polar surface area (TPSA) is 63.4 Å². The van der Waals surface area contributed by atoms with Crippen LogP contribution in [0.25, 0.3) is 0 Å². The van der Waals surface area contributed by atoms with E-state index in [2.05, 4.69) is 0 Å². The maximum absolute atomic E-state index is 14.1. The van der Waals surface area contributed by atoms with Gasteiger partial charge in [-0.2, -0.15) is 0 Å². The molecular formula is C18H19FN2O2. The number of benzene rings is 2. The Morgan fingerprint density at radius 3 is 2.39 bits per heavy atom. The zero-order valence-corrected chi connectivity index (χ0v) is 13.1. The van der Waals surface area contributed by atoms with Crippen molar-refractivity contribution in [1.82, 2.24) is 4.90 Å². The van der Waals surface area contributed by atoms with Crippen LogP contribution in [-0.4, -0.2) is 23.3 Å². The second-order valence-corrected chi connectivity index (χ2v) is 5.47. The first kappa shape index (κ1) is 16.7. The van der Waals surface area contributed by atoms with Gasteiger partial charge >= 0.3 is 0 Å². The van der Waals surface area contributed by atoms with Crippen molar-refractivity contribution in [3.05, 3.63) is 71.0 Å². The minimum absolute atomic E-state index is 0.0698. The Morgan fingerprint density at radius 2 is 1.83 bits per heavy atom. The zero-order chi connectivity index (χ0) is 17.0. The summed E-state index contributed by atoms with van der Waals surface area (Å²) in [5.41, 5.74) is 6.75. The van der Waals surface area contributed by atoms with Crippen molar-refractivity contribution in [3.8, 4) is 0 Å². The van der Waals surface area contributed by atoms with Gasteiger partial charge in [-0.1, -0.05) is 36.4 Å². The number of carbonyl (C=O) groups is 2. The maximum atomic E-state index is 14.1. The summed E-state index contributed by atoms with van der Waals surface area (Å²) in [6.07, 6.45) is 0. The highest BCUT2D eigenvalue weighted by atomic mass is 19.1. The average Bonchev–Trinajstić information content (AvgIpc) is 2.52.